The van der Waals surface area contributed by atoms with E-state index in [9.17, 15) is 9.18 Å². The number of ether oxygens (including phenoxy) is 1. The van der Waals surface area contributed by atoms with Gasteiger partial charge in [0, 0.05) is 43.2 Å². The molecule has 2 aliphatic heterocycles. The molecular formula is C21H21FN6O2. The molecule has 4 heterocycles. The molecule has 1 amide bonds. The SMILES string of the molecule is O=C(Cn1cc(-c2ccc(F)cc2)cn1)N1Cc2cnc(N3CCOCC3)nc2C1. The summed E-state index contributed by atoms with van der Waals surface area (Å²) in [5.74, 6) is 0.381. The minimum Gasteiger partial charge on any atom is -0.378 e. The van der Waals surface area contributed by atoms with Gasteiger partial charge in [-0.3, -0.25) is 9.48 Å². The van der Waals surface area contributed by atoms with Crippen molar-refractivity contribution < 1.29 is 13.9 Å². The van der Waals surface area contributed by atoms with Crippen LogP contribution in [0, 0.1) is 5.82 Å². The van der Waals surface area contributed by atoms with Crippen LogP contribution in [0.1, 0.15) is 11.3 Å². The number of benzene rings is 1. The molecule has 2 aliphatic rings. The first kappa shape index (κ1) is 18.7. The predicted molar refractivity (Wildman–Crippen MR) is 107 cm³/mol. The van der Waals surface area contributed by atoms with Crippen LogP contribution < -0.4 is 4.90 Å². The first-order valence-electron chi connectivity index (χ1n) is 9.89. The van der Waals surface area contributed by atoms with Crippen molar-refractivity contribution in [2.75, 3.05) is 31.2 Å². The van der Waals surface area contributed by atoms with Gasteiger partial charge in [-0.05, 0) is 17.7 Å². The Balaban J connectivity index is 1.24. The Morgan fingerprint density at radius 3 is 2.67 bits per heavy atom. The fourth-order valence-electron chi connectivity index (χ4n) is 3.71. The summed E-state index contributed by atoms with van der Waals surface area (Å²) in [5.41, 5.74) is 3.57. The van der Waals surface area contributed by atoms with Gasteiger partial charge in [-0.2, -0.15) is 5.10 Å². The molecule has 0 bridgehead atoms. The number of hydrogen-bond donors (Lipinski definition) is 0. The molecule has 0 unspecified atom stereocenters. The number of halogens is 1. The van der Waals surface area contributed by atoms with Crippen molar-refractivity contribution in [1.29, 1.82) is 0 Å². The second kappa shape index (κ2) is 7.83. The van der Waals surface area contributed by atoms with Gasteiger partial charge in [-0.1, -0.05) is 12.1 Å². The predicted octanol–water partition coefficient (Wildman–Crippen LogP) is 1.86. The van der Waals surface area contributed by atoms with E-state index in [2.05, 4.69) is 20.0 Å². The molecular weight excluding hydrogens is 387 g/mol. The monoisotopic (exact) mass is 408 g/mol. The van der Waals surface area contributed by atoms with Crippen LogP contribution in [0.3, 0.4) is 0 Å². The molecule has 8 nitrogen and oxygen atoms in total. The third-order valence-corrected chi connectivity index (χ3v) is 5.40. The van der Waals surface area contributed by atoms with Gasteiger partial charge in [0.25, 0.3) is 0 Å². The topological polar surface area (TPSA) is 76.4 Å². The lowest BCUT2D eigenvalue weighted by Crippen LogP contribution is -2.37. The van der Waals surface area contributed by atoms with E-state index in [1.807, 2.05) is 6.20 Å². The van der Waals surface area contributed by atoms with Gasteiger partial charge in [0.15, 0.2) is 0 Å². The summed E-state index contributed by atoms with van der Waals surface area (Å²) in [6, 6.07) is 6.21. The molecule has 1 aromatic carbocycles. The van der Waals surface area contributed by atoms with Gasteiger partial charge in [0.2, 0.25) is 11.9 Å². The molecule has 0 saturated carbocycles. The minimum atomic E-state index is -0.283. The van der Waals surface area contributed by atoms with Crippen LogP contribution in [0.15, 0.2) is 42.9 Å². The number of anilines is 1. The van der Waals surface area contributed by atoms with E-state index >= 15 is 0 Å². The lowest BCUT2D eigenvalue weighted by Gasteiger charge is -2.26. The molecule has 0 radical (unpaired) electrons. The zero-order valence-corrected chi connectivity index (χ0v) is 16.4. The van der Waals surface area contributed by atoms with Gasteiger partial charge in [0.1, 0.15) is 12.4 Å². The Labute approximate surface area is 172 Å². The van der Waals surface area contributed by atoms with Crippen molar-refractivity contribution in [3.63, 3.8) is 0 Å². The number of amides is 1. The molecule has 0 N–H and O–H groups in total. The van der Waals surface area contributed by atoms with Crippen LogP contribution in [0.4, 0.5) is 10.3 Å². The Kier molecular flexibility index (Phi) is 4.88. The first-order chi connectivity index (χ1) is 14.7. The molecule has 9 heteroatoms. The van der Waals surface area contributed by atoms with E-state index in [0.29, 0.717) is 32.3 Å². The fourth-order valence-corrected chi connectivity index (χ4v) is 3.71. The number of hydrogen-bond acceptors (Lipinski definition) is 6. The van der Waals surface area contributed by atoms with Crippen molar-refractivity contribution in [3.05, 3.63) is 59.9 Å². The van der Waals surface area contributed by atoms with E-state index in [1.165, 1.54) is 12.1 Å². The maximum Gasteiger partial charge on any atom is 0.244 e. The highest BCUT2D eigenvalue weighted by molar-refractivity contribution is 5.76. The number of carbonyl (C=O) groups is 1. The van der Waals surface area contributed by atoms with Gasteiger partial charge in [0.05, 0.1) is 31.6 Å². The van der Waals surface area contributed by atoms with Gasteiger partial charge >= 0.3 is 0 Å². The third-order valence-electron chi connectivity index (χ3n) is 5.40. The molecule has 1 saturated heterocycles. The maximum atomic E-state index is 13.1. The Bertz CT molecular complexity index is 1060. The minimum absolute atomic E-state index is 0.0327. The zero-order chi connectivity index (χ0) is 20.5. The van der Waals surface area contributed by atoms with Crippen LogP contribution in [0.2, 0.25) is 0 Å². The summed E-state index contributed by atoms with van der Waals surface area (Å²) in [4.78, 5) is 25.8. The van der Waals surface area contributed by atoms with E-state index in [4.69, 9.17) is 4.74 Å². The summed E-state index contributed by atoms with van der Waals surface area (Å²) in [7, 11) is 0. The number of morpholine rings is 1. The summed E-state index contributed by atoms with van der Waals surface area (Å²) in [6.45, 7) is 4.01. The van der Waals surface area contributed by atoms with Gasteiger partial charge in [-0.25, -0.2) is 14.4 Å². The second-order valence-corrected chi connectivity index (χ2v) is 7.42. The Morgan fingerprint density at radius 1 is 1.07 bits per heavy atom. The van der Waals surface area contributed by atoms with E-state index < -0.39 is 0 Å². The number of aromatic nitrogens is 4. The quantitative estimate of drug-likeness (QED) is 0.656. The normalized spacial score (nSPS) is 16.0. The second-order valence-electron chi connectivity index (χ2n) is 7.42. The van der Waals surface area contributed by atoms with Crippen LogP contribution in [-0.4, -0.2) is 56.9 Å². The average molecular weight is 408 g/mol. The summed E-state index contributed by atoms with van der Waals surface area (Å²) in [5, 5.41) is 4.28. The van der Waals surface area contributed by atoms with Crippen molar-refractivity contribution in [1.82, 2.24) is 24.6 Å². The van der Waals surface area contributed by atoms with Crippen molar-refractivity contribution in [2.45, 2.75) is 19.6 Å². The highest BCUT2D eigenvalue weighted by Gasteiger charge is 2.26. The largest absolute Gasteiger partial charge is 0.378 e. The van der Waals surface area contributed by atoms with Crippen LogP contribution >= 0.6 is 0 Å². The number of fused-ring (bicyclic) bond motifs is 1. The van der Waals surface area contributed by atoms with E-state index in [-0.39, 0.29) is 18.3 Å². The molecule has 0 aliphatic carbocycles. The van der Waals surface area contributed by atoms with Crippen molar-refractivity contribution in [3.8, 4) is 11.1 Å². The molecule has 30 heavy (non-hydrogen) atoms. The molecule has 3 aromatic rings. The lowest BCUT2D eigenvalue weighted by molar-refractivity contribution is -0.132. The standard InChI is InChI=1S/C21H21FN6O2/c22-18-3-1-15(2-4-18)16-10-24-28(12-16)14-20(29)27-11-17-9-23-21(25-19(17)13-27)26-5-7-30-8-6-26/h1-4,9-10,12H,5-8,11,13-14H2. The van der Waals surface area contributed by atoms with Crippen molar-refractivity contribution >= 4 is 11.9 Å². The summed E-state index contributed by atoms with van der Waals surface area (Å²) in [6.07, 6.45) is 5.30. The summed E-state index contributed by atoms with van der Waals surface area (Å²) >= 11 is 0. The van der Waals surface area contributed by atoms with E-state index in [1.54, 1.807) is 34.1 Å². The van der Waals surface area contributed by atoms with Gasteiger partial charge in [-0.15, -0.1) is 0 Å². The Hall–Kier alpha value is -3.33. The van der Waals surface area contributed by atoms with E-state index in [0.717, 1.165) is 35.5 Å². The Morgan fingerprint density at radius 2 is 1.87 bits per heavy atom. The maximum absolute atomic E-state index is 13.1. The fraction of sp³-hybridized carbons (Fsp3) is 0.333. The van der Waals surface area contributed by atoms with Gasteiger partial charge < -0.3 is 14.5 Å². The van der Waals surface area contributed by atoms with Crippen LogP contribution in [0.25, 0.3) is 11.1 Å². The number of nitrogens with zero attached hydrogens (tertiary/aromatic N) is 6. The van der Waals surface area contributed by atoms with Crippen molar-refractivity contribution in [2.24, 2.45) is 0 Å². The molecule has 0 atom stereocenters. The average Bonchev–Trinajstić information content (AvgIpc) is 3.41. The number of rotatable bonds is 4. The molecule has 5 rings (SSSR count). The molecule has 0 spiro atoms. The smallest absolute Gasteiger partial charge is 0.244 e. The highest BCUT2D eigenvalue weighted by Crippen LogP contribution is 2.24. The first-order valence-corrected chi connectivity index (χ1v) is 9.89. The lowest BCUT2D eigenvalue weighted by atomic mass is 10.1. The third kappa shape index (κ3) is 3.76. The highest BCUT2D eigenvalue weighted by atomic mass is 19.1. The number of carbonyl (C=O) groups excluding carboxylic acids is 1. The molecule has 154 valence electrons. The molecule has 2 aromatic heterocycles. The summed E-state index contributed by atoms with van der Waals surface area (Å²) < 4.78 is 20.1. The van der Waals surface area contributed by atoms with Crippen LogP contribution in [0.5, 0.6) is 0 Å². The molecule has 1 fully saturated rings. The zero-order valence-electron chi connectivity index (χ0n) is 16.4. The van der Waals surface area contributed by atoms with Crippen LogP contribution in [-0.2, 0) is 29.2 Å².